The first kappa shape index (κ1) is 24.0. The van der Waals surface area contributed by atoms with Crippen molar-refractivity contribution in [1.82, 2.24) is 10.3 Å². The van der Waals surface area contributed by atoms with Crippen LogP contribution in [0.2, 0.25) is 0 Å². The van der Waals surface area contributed by atoms with E-state index in [0.29, 0.717) is 42.4 Å². The number of carbonyl (C=O) groups excluding carboxylic acids is 2. The summed E-state index contributed by atoms with van der Waals surface area (Å²) >= 11 is 0. The molecule has 1 aromatic carbocycles. The number of unbranched alkanes of at least 4 members (excludes halogenated alkanes) is 1. The lowest BCUT2D eigenvalue weighted by atomic mass is 9.54. The summed E-state index contributed by atoms with van der Waals surface area (Å²) in [5.41, 5.74) is 3.84. The number of hydrogen-bond acceptors (Lipinski definition) is 4. The Labute approximate surface area is 209 Å². The Morgan fingerprint density at radius 2 is 2.00 bits per heavy atom. The molecule has 1 amide bonds. The van der Waals surface area contributed by atoms with E-state index in [1.165, 1.54) is 17.5 Å². The predicted molar refractivity (Wildman–Crippen MR) is 136 cm³/mol. The highest BCUT2D eigenvalue weighted by Crippen LogP contribution is 2.62. The maximum atomic E-state index is 13.2. The molecular weight excluding hydrogens is 436 g/mol. The molecule has 5 heteroatoms. The van der Waals surface area contributed by atoms with E-state index < -0.39 is 0 Å². The van der Waals surface area contributed by atoms with E-state index in [2.05, 4.69) is 35.4 Å². The van der Waals surface area contributed by atoms with Crippen LogP contribution in [0.25, 0.3) is 0 Å². The van der Waals surface area contributed by atoms with E-state index in [1.807, 2.05) is 12.1 Å². The minimum Gasteiger partial charge on any atom is -0.497 e. The van der Waals surface area contributed by atoms with Gasteiger partial charge in [0.2, 0.25) is 5.91 Å². The molecule has 5 nitrogen and oxygen atoms in total. The zero-order chi connectivity index (χ0) is 24.4. The van der Waals surface area contributed by atoms with Crippen LogP contribution in [-0.4, -0.2) is 23.8 Å². The summed E-state index contributed by atoms with van der Waals surface area (Å²) in [5.74, 6) is 3.63. The summed E-state index contributed by atoms with van der Waals surface area (Å²) in [6, 6.07) is 10.4. The van der Waals surface area contributed by atoms with E-state index in [-0.39, 0.29) is 11.3 Å². The van der Waals surface area contributed by atoms with Crippen molar-refractivity contribution in [3.05, 3.63) is 59.4 Å². The van der Waals surface area contributed by atoms with Gasteiger partial charge in [0.15, 0.2) is 0 Å². The number of methoxy groups -OCH3 is 1. The Morgan fingerprint density at radius 3 is 2.80 bits per heavy atom. The van der Waals surface area contributed by atoms with Crippen molar-refractivity contribution in [3.8, 4) is 5.75 Å². The summed E-state index contributed by atoms with van der Waals surface area (Å²) in [6.07, 6.45) is 12.1. The SMILES string of the molecule is COc1ccc2c(c1)CC[C@H]1[C@@H]3[C@H](CCCCC(=O)NCc4ccncc4)CC(=O)[C@@]3(C)CC[C@H]21. The van der Waals surface area contributed by atoms with Gasteiger partial charge in [0.25, 0.3) is 0 Å². The minimum absolute atomic E-state index is 0.103. The number of carbonyl (C=O) groups is 2. The molecule has 2 saturated carbocycles. The molecule has 186 valence electrons. The van der Waals surface area contributed by atoms with Crippen LogP contribution in [0.4, 0.5) is 0 Å². The Kier molecular flexibility index (Phi) is 6.95. The summed E-state index contributed by atoms with van der Waals surface area (Å²) < 4.78 is 5.47. The molecule has 0 radical (unpaired) electrons. The normalized spacial score (nSPS) is 29.1. The third-order valence-corrected chi connectivity index (χ3v) is 9.25. The van der Waals surface area contributed by atoms with Crippen molar-refractivity contribution in [2.45, 2.75) is 77.2 Å². The van der Waals surface area contributed by atoms with Gasteiger partial charge in [0, 0.05) is 37.2 Å². The number of rotatable bonds is 8. The molecule has 5 rings (SSSR count). The predicted octanol–water partition coefficient (Wildman–Crippen LogP) is 5.62. The summed E-state index contributed by atoms with van der Waals surface area (Å²) in [4.78, 5) is 29.5. The molecule has 1 N–H and O–H groups in total. The Hall–Kier alpha value is -2.69. The van der Waals surface area contributed by atoms with E-state index in [1.54, 1.807) is 19.5 Å². The number of fused-ring (bicyclic) bond motifs is 5. The molecule has 3 aliphatic rings. The molecule has 0 unspecified atom stereocenters. The van der Waals surface area contributed by atoms with Crippen LogP contribution in [-0.2, 0) is 22.6 Å². The second-order valence-electron chi connectivity index (χ2n) is 11.1. The van der Waals surface area contributed by atoms with Crippen LogP contribution in [0.3, 0.4) is 0 Å². The lowest BCUT2D eigenvalue weighted by Gasteiger charge is -2.50. The zero-order valence-corrected chi connectivity index (χ0v) is 21.1. The first-order valence-corrected chi connectivity index (χ1v) is 13.4. The fourth-order valence-electron chi connectivity index (χ4n) is 7.49. The molecule has 0 aliphatic heterocycles. The second kappa shape index (κ2) is 10.1. The summed E-state index contributed by atoms with van der Waals surface area (Å²) in [5, 5.41) is 3.01. The fraction of sp³-hybridized carbons (Fsp3) is 0.567. The molecule has 3 aliphatic carbocycles. The Bertz CT molecular complexity index is 1070. The molecule has 1 heterocycles. The first-order chi connectivity index (χ1) is 17.0. The molecule has 0 spiro atoms. The molecule has 0 saturated heterocycles. The van der Waals surface area contributed by atoms with Crippen LogP contribution < -0.4 is 10.1 Å². The van der Waals surface area contributed by atoms with Crippen LogP contribution in [0.1, 0.15) is 80.9 Å². The maximum Gasteiger partial charge on any atom is 0.220 e. The molecule has 2 aromatic rings. The number of hydrogen-bond donors (Lipinski definition) is 1. The minimum atomic E-state index is -0.155. The zero-order valence-electron chi connectivity index (χ0n) is 21.1. The lowest BCUT2D eigenvalue weighted by Crippen LogP contribution is -2.44. The monoisotopic (exact) mass is 474 g/mol. The standard InChI is InChI=1S/C30H38N2O3/c1-30-14-11-25-24-10-8-23(35-2)17-21(24)7-9-26(25)29(30)22(18-27(30)33)5-3-4-6-28(34)32-19-20-12-15-31-16-13-20/h8,10,12-13,15-17,22,25-26,29H,3-7,9,11,14,18-19H2,1-2H3,(H,32,34)/t22-,25-,26-,29+,30-/m1/s1. The van der Waals surface area contributed by atoms with Crippen molar-refractivity contribution in [3.63, 3.8) is 0 Å². The van der Waals surface area contributed by atoms with Crippen LogP contribution in [0.5, 0.6) is 5.75 Å². The van der Waals surface area contributed by atoms with Gasteiger partial charge in [-0.2, -0.15) is 0 Å². The maximum absolute atomic E-state index is 13.2. The third kappa shape index (κ3) is 4.74. The van der Waals surface area contributed by atoms with Gasteiger partial charge in [-0.3, -0.25) is 14.6 Å². The highest BCUT2D eigenvalue weighted by Gasteiger charge is 2.58. The van der Waals surface area contributed by atoms with Crippen LogP contribution in [0.15, 0.2) is 42.7 Å². The van der Waals surface area contributed by atoms with Crippen molar-refractivity contribution >= 4 is 11.7 Å². The summed E-state index contributed by atoms with van der Waals surface area (Å²) in [6.45, 7) is 2.81. The molecule has 0 bridgehead atoms. The number of ether oxygens (including phenoxy) is 1. The number of aryl methyl sites for hydroxylation is 1. The van der Waals surface area contributed by atoms with Gasteiger partial charge < -0.3 is 10.1 Å². The number of aromatic nitrogens is 1. The Balaban J connectivity index is 1.19. The molecule has 1 aromatic heterocycles. The van der Waals surface area contributed by atoms with Gasteiger partial charge in [0.1, 0.15) is 11.5 Å². The number of pyridine rings is 1. The number of nitrogens with zero attached hydrogens (tertiary/aromatic N) is 1. The van der Waals surface area contributed by atoms with Gasteiger partial charge in [-0.1, -0.05) is 19.4 Å². The van der Waals surface area contributed by atoms with Crippen molar-refractivity contribution < 1.29 is 14.3 Å². The van der Waals surface area contributed by atoms with Gasteiger partial charge in [-0.05, 0) is 103 Å². The number of Topliss-reactive ketones (excluding diaryl/α,β-unsaturated/α-hetero) is 1. The number of ketones is 1. The second-order valence-corrected chi connectivity index (χ2v) is 11.1. The molecule has 35 heavy (non-hydrogen) atoms. The van der Waals surface area contributed by atoms with Crippen molar-refractivity contribution in [1.29, 1.82) is 0 Å². The number of nitrogens with one attached hydrogen (secondary N) is 1. The molecule has 2 fully saturated rings. The van der Waals surface area contributed by atoms with Gasteiger partial charge in [-0.15, -0.1) is 0 Å². The topological polar surface area (TPSA) is 68.3 Å². The first-order valence-electron chi connectivity index (χ1n) is 13.4. The van der Waals surface area contributed by atoms with Gasteiger partial charge in [-0.25, -0.2) is 0 Å². The van der Waals surface area contributed by atoms with Crippen molar-refractivity contribution in [2.75, 3.05) is 7.11 Å². The molecule has 5 atom stereocenters. The highest BCUT2D eigenvalue weighted by atomic mass is 16.5. The smallest absolute Gasteiger partial charge is 0.220 e. The number of amides is 1. The van der Waals surface area contributed by atoms with E-state index in [0.717, 1.165) is 56.3 Å². The molecular formula is C30H38N2O3. The van der Waals surface area contributed by atoms with E-state index in [9.17, 15) is 9.59 Å². The average molecular weight is 475 g/mol. The van der Waals surface area contributed by atoms with E-state index >= 15 is 0 Å². The van der Waals surface area contributed by atoms with Crippen LogP contribution >= 0.6 is 0 Å². The van der Waals surface area contributed by atoms with Crippen LogP contribution in [0, 0.1) is 23.2 Å². The quantitative estimate of drug-likeness (QED) is 0.504. The largest absolute Gasteiger partial charge is 0.497 e. The van der Waals surface area contributed by atoms with Gasteiger partial charge in [0.05, 0.1) is 7.11 Å². The fourth-order valence-corrected chi connectivity index (χ4v) is 7.49. The van der Waals surface area contributed by atoms with E-state index in [4.69, 9.17) is 4.74 Å². The van der Waals surface area contributed by atoms with Gasteiger partial charge >= 0.3 is 0 Å². The third-order valence-electron chi connectivity index (χ3n) is 9.25. The lowest BCUT2D eigenvalue weighted by molar-refractivity contribution is -0.129. The Morgan fingerprint density at radius 1 is 1.17 bits per heavy atom. The number of benzene rings is 1. The van der Waals surface area contributed by atoms with Crippen molar-refractivity contribution in [2.24, 2.45) is 23.2 Å². The highest BCUT2D eigenvalue weighted by molar-refractivity contribution is 5.87. The summed E-state index contributed by atoms with van der Waals surface area (Å²) in [7, 11) is 1.73. The average Bonchev–Trinajstić information content (AvgIpc) is 3.15.